The van der Waals surface area contributed by atoms with Gasteiger partial charge in [0.1, 0.15) is 6.04 Å². The van der Waals surface area contributed by atoms with Crippen LogP contribution in [0, 0.1) is 6.92 Å². The third-order valence-corrected chi connectivity index (χ3v) is 8.74. The van der Waals surface area contributed by atoms with Crippen molar-refractivity contribution < 1.29 is 19.1 Å². The van der Waals surface area contributed by atoms with E-state index < -0.39 is 6.04 Å². The Labute approximate surface area is 224 Å². The van der Waals surface area contributed by atoms with Crippen LogP contribution in [0.1, 0.15) is 60.0 Å². The maximum absolute atomic E-state index is 13.2. The molecule has 4 heterocycles. The van der Waals surface area contributed by atoms with Crippen molar-refractivity contribution >= 4 is 35.8 Å². The van der Waals surface area contributed by atoms with Crippen LogP contribution in [-0.4, -0.2) is 91.1 Å². The Morgan fingerprint density at radius 2 is 1.68 bits per heavy atom. The van der Waals surface area contributed by atoms with Crippen molar-refractivity contribution in [2.24, 2.45) is 0 Å². The van der Waals surface area contributed by atoms with E-state index in [1.165, 1.54) is 0 Å². The molecule has 1 aromatic rings. The smallest absolute Gasteiger partial charge is 0.255 e. The third kappa shape index (κ3) is 5.24. The molecule has 1 atom stereocenters. The highest BCUT2D eigenvalue weighted by Crippen LogP contribution is 2.35. The molecule has 0 spiro atoms. The van der Waals surface area contributed by atoms with Gasteiger partial charge < -0.3 is 19.9 Å². The van der Waals surface area contributed by atoms with Crippen LogP contribution >= 0.6 is 12.4 Å². The summed E-state index contributed by atoms with van der Waals surface area (Å²) in [6, 6.07) is 4.32. The van der Waals surface area contributed by atoms with E-state index in [4.69, 9.17) is 4.74 Å². The van der Waals surface area contributed by atoms with Gasteiger partial charge in [0.2, 0.25) is 11.8 Å². The van der Waals surface area contributed by atoms with Gasteiger partial charge in [0, 0.05) is 56.4 Å². The number of carbonyl (C=O) groups excluding carboxylic acids is 3. The first-order chi connectivity index (χ1) is 17.5. The lowest BCUT2D eigenvalue weighted by atomic mass is 9.87. The van der Waals surface area contributed by atoms with E-state index in [0.29, 0.717) is 31.2 Å². The van der Waals surface area contributed by atoms with Crippen molar-refractivity contribution in [1.29, 1.82) is 0 Å². The molecular formula is C27H38ClN5O4. The SMILES string of the molecule is Cc1cc(N2CCN(C3CC(OC4CCNCC4)C3)CC2)cc2c1C(=O)N(C1CCC(=O)NC1=O)C2.Cl. The Bertz CT molecular complexity index is 1050. The second kappa shape index (κ2) is 10.9. The van der Waals surface area contributed by atoms with Crippen molar-refractivity contribution in [1.82, 2.24) is 20.4 Å². The van der Waals surface area contributed by atoms with Crippen LogP contribution in [0.25, 0.3) is 0 Å². The van der Waals surface area contributed by atoms with Crippen LogP contribution in [-0.2, 0) is 20.9 Å². The molecule has 0 bridgehead atoms. The van der Waals surface area contributed by atoms with Crippen molar-refractivity contribution in [2.45, 2.75) is 76.3 Å². The molecule has 2 N–H and O–H groups in total. The molecule has 9 nitrogen and oxygen atoms in total. The third-order valence-electron chi connectivity index (χ3n) is 8.74. The molecule has 1 aliphatic carbocycles. The fourth-order valence-corrected chi connectivity index (χ4v) is 6.58. The maximum atomic E-state index is 13.2. The maximum Gasteiger partial charge on any atom is 0.255 e. The summed E-state index contributed by atoms with van der Waals surface area (Å²) in [5.41, 5.74) is 3.82. The highest BCUT2D eigenvalue weighted by Gasteiger charge is 2.41. The van der Waals surface area contributed by atoms with E-state index in [9.17, 15) is 14.4 Å². The minimum absolute atomic E-state index is 0. The standard InChI is InChI=1S/C27H37N5O4.ClH/c1-17-12-19(13-18-16-32(27(35)25(17)18)23-2-3-24(33)29-26(23)34)30-8-10-31(11-9-30)20-14-22(15-20)36-21-4-6-28-7-5-21;/h12-13,20-23,28H,2-11,14-16H2,1H3,(H,29,33,34);1H. The van der Waals surface area contributed by atoms with Gasteiger partial charge in [-0.05, 0) is 75.4 Å². The van der Waals surface area contributed by atoms with Crippen LogP contribution in [0.5, 0.6) is 0 Å². The van der Waals surface area contributed by atoms with E-state index in [1.54, 1.807) is 4.90 Å². The molecule has 3 saturated heterocycles. The summed E-state index contributed by atoms with van der Waals surface area (Å²) in [7, 11) is 0. The Morgan fingerprint density at radius 3 is 2.38 bits per heavy atom. The number of rotatable bonds is 5. The first-order valence-electron chi connectivity index (χ1n) is 13.6. The lowest BCUT2D eigenvalue weighted by molar-refractivity contribution is -0.136. The van der Waals surface area contributed by atoms with Crippen LogP contribution < -0.4 is 15.5 Å². The predicted octanol–water partition coefficient (Wildman–Crippen LogP) is 1.60. The number of ether oxygens (including phenoxy) is 1. The first kappa shape index (κ1) is 26.4. The predicted molar refractivity (Wildman–Crippen MR) is 142 cm³/mol. The molecule has 4 fully saturated rings. The number of nitrogens with zero attached hydrogens (tertiary/aromatic N) is 3. The Hall–Kier alpha value is -2.20. The summed E-state index contributed by atoms with van der Waals surface area (Å²) in [6.07, 6.45) is 6.11. The Morgan fingerprint density at radius 1 is 0.946 bits per heavy atom. The zero-order valence-electron chi connectivity index (χ0n) is 21.5. The second-order valence-electron chi connectivity index (χ2n) is 11.1. The molecule has 1 aromatic carbocycles. The zero-order valence-corrected chi connectivity index (χ0v) is 22.4. The number of carbonyl (C=O) groups is 3. The van der Waals surface area contributed by atoms with Crippen LogP contribution in [0.3, 0.4) is 0 Å². The summed E-state index contributed by atoms with van der Waals surface area (Å²) >= 11 is 0. The van der Waals surface area contributed by atoms with Crippen molar-refractivity contribution in [2.75, 3.05) is 44.2 Å². The molecule has 10 heteroatoms. The lowest BCUT2D eigenvalue weighted by Gasteiger charge is -2.47. The molecule has 1 saturated carbocycles. The van der Waals surface area contributed by atoms with E-state index in [2.05, 4.69) is 32.6 Å². The van der Waals surface area contributed by atoms with Gasteiger partial charge in [0.15, 0.2) is 0 Å². The number of nitrogens with one attached hydrogen (secondary N) is 2. The number of piperidine rings is 2. The van der Waals surface area contributed by atoms with Gasteiger partial charge >= 0.3 is 0 Å². The molecule has 202 valence electrons. The average molecular weight is 532 g/mol. The number of hydrogen-bond acceptors (Lipinski definition) is 7. The van der Waals surface area contributed by atoms with E-state index in [1.807, 2.05) is 6.92 Å². The summed E-state index contributed by atoms with van der Waals surface area (Å²) in [5, 5.41) is 5.78. The van der Waals surface area contributed by atoms with Crippen molar-refractivity contribution in [3.63, 3.8) is 0 Å². The van der Waals surface area contributed by atoms with Crippen LogP contribution in [0.2, 0.25) is 0 Å². The van der Waals surface area contributed by atoms with E-state index in [-0.39, 0.29) is 36.5 Å². The minimum Gasteiger partial charge on any atom is -0.375 e. The number of halogens is 1. The average Bonchev–Trinajstić information content (AvgIpc) is 3.18. The quantitative estimate of drug-likeness (QED) is 0.557. The summed E-state index contributed by atoms with van der Waals surface area (Å²) in [6.45, 7) is 8.60. The monoisotopic (exact) mass is 531 g/mol. The van der Waals surface area contributed by atoms with Gasteiger partial charge in [0.25, 0.3) is 5.91 Å². The van der Waals surface area contributed by atoms with Crippen molar-refractivity contribution in [3.8, 4) is 0 Å². The first-order valence-corrected chi connectivity index (χ1v) is 13.6. The molecule has 3 amide bonds. The summed E-state index contributed by atoms with van der Waals surface area (Å²) in [5.74, 6) is -0.717. The van der Waals surface area contributed by atoms with Crippen molar-refractivity contribution in [3.05, 3.63) is 28.8 Å². The lowest BCUT2D eigenvalue weighted by Crippen LogP contribution is -2.56. The number of hydrogen-bond donors (Lipinski definition) is 2. The number of aryl methyl sites for hydroxylation is 1. The van der Waals surface area contributed by atoms with Gasteiger partial charge in [-0.15, -0.1) is 12.4 Å². The number of amides is 3. The molecular weight excluding hydrogens is 494 g/mol. The summed E-state index contributed by atoms with van der Waals surface area (Å²) < 4.78 is 6.32. The minimum atomic E-state index is -0.570. The number of anilines is 1. The Balaban J connectivity index is 0.00000280. The Kier molecular flexibility index (Phi) is 7.77. The van der Waals surface area contributed by atoms with Gasteiger partial charge in [-0.2, -0.15) is 0 Å². The molecule has 5 aliphatic rings. The molecule has 0 aromatic heterocycles. The highest BCUT2D eigenvalue weighted by atomic mass is 35.5. The molecule has 1 unspecified atom stereocenters. The van der Waals surface area contributed by atoms with E-state index >= 15 is 0 Å². The highest BCUT2D eigenvalue weighted by molar-refractivity contribution is 6.06. The van der Waals surface area contributed by atoms with E-state index in [0.717, 1.165) is 87.3 Å². The number of fused-ring (bicyclic) bond motifs is 1. The van der Waals surface area contributed by atoms with Crippen LogP contribution in [0.15, 0.2) is 12.1 Å². The fraction of sp³-hybridized carbons (Fsp3) is 0.667. The largest absolute Gasteiger partial charge is 0.375 e. The number of benzene rings is 1. The normalized spacial score (nSPS) is 29.0. The summed E-state index contributed by atoms with van der Waals surface area (Å²) in [4.78, 5) is 43.8. The van der Waals surface area contributed by atoms with Crippen LogP contribution in [0.4, 0.5) is 5.69 Å². The zero-order chi connectivity index (χ0) is 24.8. The number of piperazine rings is 1. The molecule has 6 rings (SSSR count). The van der Waals surface area contributed by atoms with Gasteiger partial charge in [-0.1, -0.05) is 0 Å². The molecule has 4 aliphatic heterocycles. The van der Waals surface area contributed by atoms with Gasteiger partial charge in [-0.3, -0.25) is 24.6 Å². The molecule has 0 radical (unpaired) electrons. The fourth-order valence-electron chi connectivity index (χ4n) is 6.58. The second-order valence-corrected chi connectivity index (χ2v) is 11.1. The van der Waals surface area contributed by atoms with Gasteiger partial charge in [0.05, 0.1) is 12.2 Å². The number of imide groups is 1. The molecule has 37 heavy (non-hydrogen) atoms. The van der Waals surface area contributed by atoms with Gasteiger partial charge in [-0.25, -0.2) is 0 Å². The topological polar surface area (TPSA) is 94.2 Å².